The van der Waals surface area contributed by atoms with Crippen molar-refractivity contribution in [3.8, 4) is 5.75 Å². The average Bonchev–Trinajstić information content (AvgIpc) is 2.49. The molecule has 1 aliphatic heterocycles. The van der Waals surface area contributed by atoms with Crippen LogP contribution >= 0.6 is 23.2 Å². The van der Waals surface area contributed by atoms with Gasteiger partial charge in [-0.05, 0) is 32.0 Å². The molecule has 0 aromatic heterocycles. The number of hydrogen-bond donors (Lipinski definition) is 2. The van der Waals surface area contributed by atoms with Crippen LogP contribution in [0.25, 0.3) is 0 Å². The zero-order valence-corrected chi connectivity index (χ0v) is 13.3. The normalized spacial score (nSPS) is 16.0. The molecule has 1 atom stereocenters. The molecule has 1 aromatic carbocycles. The van der Waals surface area contributed by atoms with Gasteiger partial charge in [0.25, 0.3) is 5.91 Å². The van der Waals surface area contributed by atoms with Crippen LogP contribution < -0.4 is 15.4 Å². The molecular weight excluding hydrogens is 311 g/mol. The number of amides is 1. The maximum absolute atomic E-state index is 12.0. The Morgan fingerprint density at radius 3 is 2.90 bits per heavy atom. The number of benzene rings is 1. The fourth-order valence-corrected chi connectivity index (χ4v) is 2.27. The Labute approximate surface area is 134 Å². The Bertz CT molecular complexity index is 546. The summed E-state index contributed by atoms with van der Waals surface area (Å²) in [4.78, 5) is 12.0. The van der Waals surface area contributed by atoms with Gasteiger partial charge in [0.1, 0.15) is 5.75 Å². The van der Waals surface area contributed by atoms with Gasteiger partial charge in [0.15, 0.2) is 6.10 Å². The summed E-state index contributed by atoms with van der Waals surface area (Å²) in [7, 11) is 0. The Kier molecular flexibility index (Phi) is 5.91. The Balaban J connectivity index is 1.84. The molecule has 1 heterocycles. The molecular formula is C15H18Cl2N2O2. The van der Waals surface area contributed by atoms with E-state index in [9.17, 15) is 4.79 Å². The summed E-state index contributed by atoms with van der Waals surface area (Å²) < 4.78 is 5.56. The van der Waals surface area contributed by atoms with Crippen LogP contribution in [0, 0.1) is 0 Å². The Morgan fingerprint density at radius 2 is 2.24 bits per heavy atom. The van der Waals surface area contributed by atoms with Crippen molar-refractivity contribution in [3.63, 3.8) is 0 Å². The molecule has 2 rings (SSSR count). The van der Waals surface area contributed by atoms with E-state index in [0.29, 0.717) is 22.3 Å². The van der Waals surface area contributed by atoms with E-state index in [1.165, 1.54) is 5.57 Å². The van der Waals surface area contributed by atoms with Crippen molar-refractivity contribution < 1.29 is 9.53 Å². The smallest absolute Gasteiger partial charge is 0.261 e. The highest BCUT2D eigenvalue weighted by atomic mass is 35.5. The number of carbonyl (C=O) groups excluding carboxylic acids is 1. The largest absolute Gasteiger partial charge is 0.481 e. The number of rotatable bonds is 5. The number of hydrogen-bond acceptors (Lipinski definition) is 3. The SMILES string of the molecule is CC(Oc1ccc(Cl)c(Cl)c1)C(=O)NCC1=CCNCC1. The quantitative estimate of drug-likeness (QED) is 0.817. The maximum atomic E-state index is 12.0. The summed E-state index contributed by atoms with van der Waals surface area (Å²) in [5.41, 5.74) is 1.24. The molecule has 21 heavy (non-hydrogen) atoms. The third-order valence-corrected chi connectivity index (χ3v) is 3.96. The van der Waals surface area contributed by atoms with Gasteiger partial charge in [-0.1, -0.05) is 34.9 Å². The van der Waals surface area contributed by atoms with Gasteiger partial charge in [-0.15, -0.1) is 0 Å². The van der Waals surface area contributed by atoms with Crippen molar-refractivity contribution in [2.45, 2.75) is 19.4 Å². The van der Waals surface area contributed by atoms with Crippen molar-refractivity contribution >= 4 is 29.1 Å². The van der Waals surface area contributed by atoms with Crippen LogP contribution in [-0.4, -0.2) is 31.6 Å². The highest BCUT2D eigenvalue weighted by molar-refractivity contribution is 6.42. The predicted molar refractivity (Wildman–Crippen MR) is 85.1 cm³/mol. The molecule has 1 aliphatic rings. The Morgan fingerprint density at radius 1 is 1.43 bits per heavy atom. The molecule has 1 amide bonds. The monoisotopic (exact) mass is 328 g/mol. The van der Waals surface area contributed by atoms with Crippen LogP contribution in [0.5, 0.6) is 5.75 Å². The topological polar surface area (TPSA) is 50.4 Å². The number of carbonyl (C=O) groups is 1. The molecule has 0 aliphatic carbocycles. The second-order valence-electron chi connectivity index (χ2n) is 4.87. The first-order valence-corrected chi connectivity index (χ1v) is 7.60. The highest BCUT2D eigenvalue weighted by Gasteiger charge is 2.15. The number of halogens is 2. The van der Waals surface area contributed by atoms with Crippen LogP contribution in [0.1, 0.15) is 13.3 Å². The van der Waals surface area contributed by atoms with Gasteiger partial charge in [-0.25, -0.2) is 0 Å². The molecule has 0 saturated carbocycles. The molecule has 114 valence electrons. The first-order valence-electron chi connectivity index (χ1n) is 6.84. The van der Waals surface area contributed by atoms with E-state index in [1.807, 2.05) is 0 Å². The standard InChI is InChI=1S/C15H18Cl2N2O2/c1-10(21-12-2-3-13(16)14(17)8-12)15(20)19-9-11-4-6-18-7-5-11/h2-4,8,10,18H,5-7,9H2,1H3,(H,19,20). The van der Waals surface area contributed by atoms with E-state index in [0.717, 1.165) is 19.5 Å². The van der Waals surface area contributed by atoms with E-state index in [4.69, 9.17) is 27.9 Å². The van der Waals surface area contributed by atoms with Gasteiger partial charge in [-0.3, -0.25) is 4.79 Å². The first-order chi connectivity index (χ1) is 10.1. The molecule has 0 spiro atoms. The molecule has 0 fully saturated rings. The molecule has 0 saturated heterocycles. The molecule has 0 bridgehead atoms. The molecule has 4 nitrogen and oxygen atoms in total. The Hall–Kier alpha value is -1.23. The van der Waals surface area contributed by atoms with Crippen LogP contribution in [0.2, 0.25) is 10.0 Å². The third-order valence-electron chi connectivity index (χ3n) is 3.22. The van der Waals surface area contributed by atoms with Gasteiger partial charge >= 0.3 is 0 Å². The maximum Gasteiger partial charge on any atom is 0.261 e. The van der Waals surface area contributed by atoms with Gasteiger partial charge in [-0.2, -0.15) is 0 Å². The summed E-state index contributed by atoms with van der Waals surface area (Å²) in [6.45, 7) is 4.09. The van der Waals surface area contributed by atoms with Gasteiger partial charge in [0.05, 0.1) is 10.0 Å². The van der Waals surface area contributed by atoms with Crippen molar-refractivity contribution in [1.29, 1.82) is 0 Å². The fraction of sp³-hybridized carbons (Fsp3) is 0.400. The zero-order chi connectivity index (χ0) is 15.2. The van der Waals surface area contributed by atoms with E-state index < -0.39 is 6.10 Å². The average molecular weight is 329 g/mol. The van der Waals surface area contributed by atoms with Crippen LogP contribution in [0.4, 0.5) is 0 Å². The third kappa shape index (κ3) is 4.92. The molecule has 1 aromatic rings. The van der Waals surface area contributed by atoms with Gasteiger partial charge in [0.2, 0.25) is 0 Å². The molecule has 1 unspecified atom stereocenters. The summed E-state index contributed by atoms with van der Waals surface area (Å²) in [6, 6.07) is 4.93. The van der Waals surface area contributed by atoms with Crippen molar-refractivity contribution in [1.82, 2.24) is 10.6 Å². The number of nitrogens with one attached hydrogen (secondary N) is 2. The zero-order valence-electron chi connectivity index (χ0n) is 11.8. The molecule has 2 N–H and O–H groups in total. The summed E-state index contributed by atoms with van der Waals surface area (Å²) in [5.74, 6) is 0.369. The minimum absolute atomic E-state index is 0.152. The minimum Gasteiger partial charge on any atom is -0.481 e. The second-order valence-corrected chi connectivity index (χ2v) is 5.68. The van der Waals surface area contributed by atoms with Crippen LogP contribution in [0.3, 0.4) is 0 Å². The fourth-order valence-electron chi connectivity index (χ4n) is 1.98. The lowest BCUT2D eigenvalue weighted by Crippen LogP contribution is -2.38. The predicted octanol–water partition coefficient (Wildman–Crippen LogP) is 2.80. The highest BCUT2D eigenvalue weighted by Crippen LogP contribution is 2.26. The lowest BCUT2D eigenvalue weighted by molar-refractivity contribution is -0.127. The van der Waals surface area contributed by atoms with E-state index >= 15 is 0 Å². The molecule has 0 radical (unpaired) electrons. The first kappa shape index (κ1) is 16.1. The summed E-state index contributed by atoms with van der Waals surface area (Å²) in [5, 5.41) is 6.97. The minimum atomic E-state index is -0.593. The summed E-state index contributed by atoms with van der Waals surface area (Å²) in [6.07, 6.45) is 2.47. The van der Waals surface area contributed by atoms with E-state index in [-0.39, 0.29) is 5.91 Å². The van der Waals surface area contributed by atoms with E-state index in [1.54, 1.807) is 25.1 Å². The van der Waals surface area contributed by atoms with Crippen molar-refractivity contribution in [2.75, 3.05) is 19.6 Å². The lowest BCUT2D eigenvalue weighted by Gasteiger charge is -2.18. The van der Waals surface area contributed by atoms with Gasteiger partial charge in [0, 0.05) is 19.2 Å². The second kappa shape index (κ2) is 7.69. The van der Waals surface area contributed by atoms with Crippen molar-refractivity contribution in [3.05, 3.63) is 39.9 Å². The lowest BCUT2D eigenvalue weighted by atomic mass is 10.1. The van der Waals surface area contributed by atoms with Crippen molar-refractivity contribution in [2.24, 2.45) is 0 Å². The molecule has 6 heteroatoms. The van der Waals surface area contributed by atoms with E-state index in [2.05, 4.69) is 16.7 Å². The summed E-state index contributed by atoms with van der Waals surface area (Å²) >= 11 is 11.8. The van der Waals surface area contributed by atoms with Gasteiger partial charge < -0.3 is 15.4 Å². The number of ether oxygens (including phenoxy) is 1. The van der Waals surface area contributed by atoms with Crippen LogP contribution in [-0.2, 0) is 4.79 Å². The van der Waals surface area contributed by atoms with Crippen LogP contribution in [0.15, 0.2) is 29.8 Å².